The third-order valence-electron chi connectivity index (χ3n) is 3.48. The maximum Gasteiger partial charge on any atom is 0.327 e. The zero-order chi connectivity index (χ0) is 13.8. The molecule has 1 saturated heterocycles. The first-order chi connectivity index (χ1) is 9.84. The number of nitrogens with one attached hydrogen (secondary N) is 1. The minimum absolute atomic E-state index is 0.132. The van der Waals surface area contributed by atoms with E-state index in [1.165, 1.54) is 0 Å². The van der Waals surface area contributed by atoms with Crippen LogP contribution in [0.3, 0.4) is 0 Å². The number of nitrogens with zero attached hydrogens (tertiary/aromatic N) is 3. The van der Waals surface area contributed by atoms with Gasteiger partial charge < -0.3 is 10.1 Å². The van der Waals surface area contributed by atoms with Gasteiger partial charge in [0.1, 0.15) is 6.33 Å². The molecular weight excluding hydrogens is 256 g/mol. The van der Waals surface area contributed by atoms with Crippen LogP contribution < -0.4 is 5.32 Å². The molecule has 20 heavy (non-hydrogen) atoms. The SMILES string of the molecule is O=C(NCCN1CCOCC1)n1cnc2ccccc21. The van der Waals surface area contributed by atoms with Crippen LogP contribution in [-0.2, 0) is 4.74 Å². The monoisotopic (exact) mass is 274 g/mol. The van der Waals surface area contributed by atoms with Gasteiger partial charge in [-0.05, 0) is 12.1 Å². The summed E-state index contributed by atoms with van der Waals surface area (Å²) in [7, 11) is 0. The Bertz CT molecular complexity index is 590. The molecule has 1 aromatic carbocycles. The highest BCUT2D eigenvalue weighted by molar-refractivity contribution is 5.88. The highest BCUT2D eigenvalue weighted by Gasteiger charge is 2.12. The van der Waals surface area contributed by atoms with Crippen molar-refractivity contribution in [2.75, 3.05) is 39.4 Å². The number of amides is 1. The van der Waals surface area contributed by atoms with Crippen molar-refractivity contribution >= 4 is 17.1 Å². The van der Waals surface area contributed by atoms with Gasteiger partial charge in [0.05, 0.1) is 24.2 Å². The molecule has 1 N–H and O–H groups in total. The van der Waals surface area contributed by atoms with Crippen molar-refractivity contribution in [3.63, 3.8) is 0 Å². The van der Waals surface area contributed by atoms with Crippen LogP contribution >= 0.6 is 0 Å². The number of aromatic nitrogens is 2. The van der Waals surface area contributed by atoms with Crippen LogP contribution in [0.2, 0.25) is 0 Å². The fourth-order valence-corrected chi connectivity index (χ4v) is 2.35. The molecule has 1 fully saturated rings. The number of hydrogen-bond donors (Lipinski definition) is 1. The van der Waals surface area contributed by atoms with Crippen LogP contribution in [0, 0.1) is 0 Å². The van der Waals surface area contributed by atoms with Gasteiger partial charge in [0.25, 0.3) is 0 Å². The number of rotatable bonds is 3. The molecular formula is C14H18N4O2. The van der Waals surface area contributed by atoms with Gasteiger partial charge in [0.15, 0.2) is 0 Å². The number of para-hydroxylation sites is 2. The summed E-state index contributed by atoms with van der Waals surface area (Å²) in [6, 6.07) is 7.47. The highest BCUT2D eigenvalue weighted by atomic mass is 16.5. The summed E-state index contributed by atoms with van der Waals surface area (Å²) in [4.78, 5) is 18.6. The average Bonchev–Trinajstić information content (AvgIpc) is 2.92. The Balaban J connectivity index is 1.56. The second kappa shape index (κ2) is 6.02. The van der Waals surface area contributed by atoms with E-state index < -0.39 is 0 Å². The number of hydrogen-bond acceptors (Lipinski definition) is 4. The van der Waals surface area contributed by atoms with Gasteiger partial charge in [-0.3, -0.25) is 9.47 Å². The second-order valence-corrected chi connectivity index (χ2v) is 4.79. The number of benzene rings is 1. The van der Waals surface area contributed by atoms with Crippen molar-refractivity contribution < 1.29 is 9.53 Å². The Morgan fingerprint density at radius 2 is 2.10 bits per heavy atom. The van der Waals surface area contributed by atoms with Gasteiger partial charge >= 0.3 is 6.03 Å². The molecule has 0 radical (unpaired) electrons. The van der Waals surface area contributed by atoms with Crippen LogP contribution in [0.15, 0.2) is 30.6 Å². The Kier molecular flexibility index (Phi) is 3.94. The number of carbonyl (C=O) groups is 1. The van der Waals surface area contributed by atoms with Crippen molar-refractivity contribution in [2.45, 2.75) is 0 Å². The minimum Gasteiger partial charge on any atom is -0.379 e. The van der Waals surface area contributed by atoms with E-state index in [1.54, 1.807) is 10.9 Å². The van der Waals surface area contributed by atoms with Crippen molar-refractivity contribution in [1.29, 1.82) is 0 Å². The first-order valence-corrected chi connectivity index (χ1v) is 6.85. The summed E-state index contributed by atoms with van der Waals surface area (Å²) in [6.07, 6.45) is 1.56. The van der Waals surface area contributed by atoms with Gasteiger partial charge in [-0.2, -0.15) is 0 Å². The molecule has 0 spiro atoms. The molecule has 6 heteroatoms. The predicted molar refractivity (Wildman–Crippen MR) is 75.8 cm³/mol. The zero-order valence-corrected chi connectivity index (χ0v) is 11.3. The van der Waals surface area contributed by atoms with Crippen molar-refractivity contribution in [3.8, 4) is 0 Å². The van der Waals surface area contributed by atoms with E-state index in [0.717, 1.165) is 43.9 Å². The lowest BCUT2D eigenvalue weighted by atomic mass is 10.3. The molecule has 2 heterocycles. The molecule has 1 amide bonds. The van der Waals surface area contributed by atoms with Crippen LogP contribution in [0.25, 0.3) is 11.0 Å². The van der Waals surface area contributed by atoms with E-state index in [1.807, 2.05) is 24.3 Å². The Labute approximate surface area is 117 Å². The Morgan fingerprint density at radius 3 is 2.95 bits per heavy atom. The maximum atomic E-state index is 12.1. The van der Waals surface area contributed by atoms with Crippen LogP contribution in [-0.4, -0.2) is 59.9 Å². The summed E-state index contributed by atoms with van der Waals surface area (Å²) in [5, 5.41) is 2.93. The topological polar surface area (TPSA) is 59.4 Å². The summed E-state index contributed by atoms with van der Waals surface area (Å²) >= 11 is 0. The lowest BCUT2D eigenvalue weighted by Gasteiger charge is -2.26. The van der Waals surface area contributed by atoms with Gasteiger partial charge in [0.2, 0.25) is 0 Å². The average molecular weight is 274 g/mol. The third-order valence-corrected chi connectivity index (χ3v) is 3.48. The van der Waals surface area contributed by atoms with E-state index in [4.69, 9.17) is 4.74 Å². The molecule has 1 aromatic heterocycles. The molecule has 0 atom stereocenters. The van der Waals surface area contributed by atoms with E-state index in [-0.39, 0.29) is 6.03 Å². The molecule has 6 nitrogen and oxygen atoms in total. The molecule has 0 aliphatic carbocycles. The van der Waals surface area contributed by atoms with E-state index in [2.05, 4.69) is 15.2 Å². The second-order valence-electron chi connectivity index (χ2n) is 4.79. The van der Waals surface area contributed by atoms with Gasteiger partial charge in [-0.1, -0.05) is 12.1 Å². The Morgan fingerprint density at radius 1 is 1.30 bits per heavy atom. The molecule has 0 unspecified atom stereocenters. The van der Waals surface area contributed by atoms with E-state index >= 15 is 0 Å². The fourth-order valence-electron chi connectivity index (χ4n) is 2.35. The van der Waals surface area contributed by atoms with Crippen molar-refractivity contribution in [2.24, 2.45) is 0 Å². The van der Waals surface area contributed by atoms with Crippen LogP contribution in [0.4, 0.5) is 4.79 Å². The molecule has 0 saturated carbocycles. The molecule has 1 aliphatic rings. The van der Waals surface area contributed by atoms with Crippen molar-refractivity contribution in [3.05, 3.63) is 30.6 Å². The molecule has 2 aromatic rings. The predicted octanol–water partition coefficient (Wildman–Crippen LogP) is 0.926. The first-order valence-electron chi connectivity index (χ1n) is 6.85. The summed E-state index contributed by atoms with van der Waals surface area (Å²) in [5.74, 6) is 0. The summed E-state index contributed by atoms with van der Waals surface area (Å²) in [5.41, 5.74) is 1.66. The summed E-state index contributed by atoms with van der Waals surface area (Å²) < 4.78 is 6.84. The van der Waals surface area contributed by atoms with Crippen LogP contribution in [0.1, 0.15) is 0 Å². The van der Waals surface area contributed by atoms with Crippen LogP contribution in [0.5, 0.6) is 0 Å². The van der Waals surface area contributed by atoms with E-state index in [0.29, 0.717) is 6.54 Å². The van der Waals surface area contributed by atoms with Crippen molar-refractivity contribution in [1.82, 2.24) is 19.8 Å². The Hall–Kier alpha value is -1.92. The summed E-state index contributed by atoms with van der Waals surface area (Å²) in [6.45, 7) is 4.90. The van der Waals surface area contributed by atoms with Gasteiger partial charge in [0, 0.05) is 26.2 Å². The largest absolute Gasteiger partial charge is 0.379 e. The van der Waals surface area contributed by atoms with Gasteiger partial charge in [-0.25, -0.2) is 9.78 Å². The standard InChI is InChI=1S/C14H18N4O2/c19-14(15-5-6-17-7-9-20-10-8-17)18-11-16-12-3-1-2-4-13(12)18/h1-4,11H,5-10H2,(H,15,19). The zero-order valence-electron chi connectivity index (χ0n) is 11.3. The normalized spacial score (nSPS) is 16.4. The van der Waals surface area contributed by atoms with E-state index in [9.17, 15) is 4.79 Å². The number of ether oxygens (including phenoxy) is 1. The molecule has 0 bridgehead atoms. The quantitative estimate of drug-likeness (QED) is 0.904. The highest BCUT2D eigenvalue weighted by Crippen LogP contribution is 2.10. The fraction of sp³-hybridized carbons (Fsp3) is 0.429. The number of morpholine rings is 1. The van der Waals surface area contributed by atoms with Gasteiger partial charge in [-0.15, -0.1) is 0 Å². The maximum absolute atomic E-state index is 12.1. The lowest BCUT2D eigenvalue weighted by molar-refractivity contribution is 0.0387. The molecule has 106 valence electrons. The lowest BCUT2D eigenvalue weighted by Crippen LogP contribution is -2.42. The molecule has 1 aliphatic heterocycles. The third kappa shape index (κ3) is 2.81. The smallest absolute Gasteiger partial charge is 0.327 e. The number of imidazole rings is 1. The molecule has 3 rings (SSSR count). The first kappa shape index (κ1) is 13.1. The number of carbonyl (C=O) groups excluding carboxylic acids is 1. The number of fused-ring (bicyclic) bond motifs is 1. The minimum atomic E-state index is -0.132.